The van der Waals surface area contributed by atoms with Gasteiger partial charge in [0, 0.05) is 28.2 Å². The van der Waals surface area contributed by atoms with E-state index in [1.165, 1.54) is 0 Å². The van der Waals surface area contributed by atoms with Gasteiger partial charge in [-0.15, -0.1) is 0 Å². The SMILES string of the molecule is Oc1ccc(-c2nc(Cc3c[nH]c4ccccc34)oc2-c2ccc(O)cc2)cc1. The number of aromatic amines is 1. The molecule has 0 saturated carbocycles. The zero-order chi connectivity index (χ0) is 19.8. The van der Waals surface area contributed by atoms with E-state index in [1.807, 2.05) is 36.5 Å². The standard InChI is InChI=1S/C24H18N2O3/c27-18-9-5-15(6-10-18)23-24(16-7-11-19(28)12-8-16)29-22(26-23)13-17-14-25-21-4-2-1-3-20(17)21/h1-12,14,25,27-28H,13H2. The van der Waals surface area contributed by atoms with E-state index in [1.54, 1.807) is 36.4 Å². The maximum atomic E-state index is 9.62. The zero-order valence-electron chi connectivity index (χ0n) is 15.5. The molecule has 142 valence electrons. The summed E-state index contributed by atoms with van der Waals surface area (Å²) in [5.41, 5.74) is 4.55. The van der Waals surface area contributed by atoms with Gasteiger partial charge in [-0.25, -0.2) is 4.98 Å². The van der Waals surface area contributed by atoms with Gasteiger partial charge in [0.1, 0.15) is 17.2 Å². The Kier molecular flexibility index (Phi) is 4.06. The highest BCUT2D eigenvalue weighted by Crippen LogP contribution is 2.35. The fourth-order valence-corrected chi connectivity index (χ4v) is 3.50. The summed E-state index contributed by atoms with van der Waals surface area (Å²) < 4.78 is 6.18. The molecule has 5 aromatic rings. The Morgan fingerprint density at radius 1 is 0.793 bits per heavy atom. The van der Waals surface area contributed by atoms with Crippen molar-refractivity contribution in [2.75, 3.05) is 0 Å². The Labute approximate surface area is 166 Å². The normalized spacial score (nSPS) is 11.2. The van der Waals surface area contributed by atoms with Crippen LogP contribution < -0.4 is 0 Å². The number of phenolic OH excluding ortho intramolecular Hbond substituents is 2. The topological polar surface area (TPSA) is 82.3 Å². The van der Waals surface area contributed by atoms with E-state index >= 15 is 0 Å². The molecule has 0 bridgehead atoms. The zero-order valence-corrected chi connectivity index (χ0v) is 15.5. The molecule has 0 amide bonds. The molecule has 0 spiro atoms. The van der Waals surface area contributed by atoms with Crippen molar-refractivity contribution in [3.63, 3.8) is 0 Å². The van der Waals surface area contributed by atoms with Crippen LogP contribution in [-0.4, -0.2) is 20.2 Å². The van der Waals surface area contributed by atoms with E-state index < -0.39 is 0 Å². The fraction of sp³-hybridized carbons (Fsp3) is 0.0417. The summed E-state index contributed by atoms with van der Waals surface area (Å²) in [5, 5.41) is 20.4. The summed E-state index contributed by atoms with van der Waals surface area (Å²) in [7, 11) is 0. The van der Waals surface area contributed by atoms with Crippen molar-refractivity contribution < 1.29 is 14.6 Å². The number of nitrogens with one attached hydrogen (secondary N) is 1. The molecule has 0 radical (unpaired) electrons. The van der Waals surface area contributed by atoms with Crippen molar-refractivity contribution in [2.24, 2.45) is 0 Å². The third-order valence-electron chi connectivity index (χ3n) is 4.96. The fourth-order valence-electron chi connectivity index (χ4n) is 3.50. The van der Waals surface area contributed by atoms with E-state index in [0.717, 1.165) is 27.6 Å². The Balaban J connectivity index is 1.60. The van der Waals surface area contributed by atoms with Gasteiger partial charge in [0.05, 0.1) is 6.42 Å². The number of oxazole rings is 1. The number of nitrogens with zero attached hydrogens (tertiary/aromatic N) is 1. The monoisotopic (exact) mass is 382 g/mol. The third-order valence-corrected chi connectivity index (χ3v) is 4.96. The van der Waals surface area contributed by atoms with Crippen LogP contribution in [0.5, 0.6) is 11.5 Å². The number of benzene rings is 3. The van der Waals surface area contributed by atoms with Gasteiger partial charge >= 0.3 is 0 Å². The Morgan fingerprint density at radius 3 is 2.17 bits per heavy atom. The minimum atomic E-state index is 0.193. The largest absolute Gasteiger partial charge is 0.508 e. The quantitative estimate of drug-likeness (QED) is 0.384. The molecule has 0 fully saturated rings. The summed E-state index contributed by atoms with van der Waals surface area (Å²) in [6, 6.07) is 21.9. The van der Waals surface area contributed by atoms with Crippen molar-refractivity contribution in [3.05, 3.63) is 90.4 Å². The van der Waals surface area contributed by atoms with E-state index in [2.05, 4.69) is 11.1 Å². The molecule has 3 aromatic carbocycles. The molecule has 5 nitrogen and oxygen atoms in total. The molecule has 3 N–H and O–H groups in total. The Bertz CT molecular complexity index is 1220. The summed E-state index contributed by atoms with van der Waals surface area (Å²) in [6.07, 6.45) is 2.53. The van der Waals surface area contributed by atoms with Gasteiger partial charge < -0.3 is 19.6 Å². The Morgan fingerprint density at radius 2 is 1.45 bits per heavy atom. The summed E-state index contributed by atoms with van der Waals surface area (Å²) in [6.45, 7) is 0. The molecule has 5 heteroatoms. The van der Waals surface area contributed by atoms with Crippen molar-refractivity contribution in [2.45, 2.75) is 6.42 Å². The molecular weight excluding hydrogens is 364 g/mol. The van der Waals surface area contributed by atoms with Crippen LogP contribution >= 0.6 is 0 Å². The lowest BCUT2D eigenvalue weighted by Gasteiger charge is -2.02. The number of phenols is 2. The smallest absolute Gasteiger partial charge is 0.200 e. The second-order valence-electron chi connectivity index (χ2n) is 6.92. The summed E-state index contributed by atoms with van der Waals surface area (Å²) in [5.74, 6) is 1.62. The van der Waals surface area contributed by atoms with Crippen LogP contribution in [0.3, 0.4) is 0 Å². The number of hydrogen-bond donors (Lipinski definition) is 3. The van der Waals surface area contributed by atoms with Crippen LogP contribution in [0.4, 0.5) is 0 Å². The molecule has 0 saturated heterocycles. The first kappa shape index (κ1) is 17.1. The van der Waals surface area contributed by atoms with Crippen LogP contribution in [0.15, 0.2) is 83.4 Å². The minimum Gasteiger partial charge on any atom is -0.508 e. The van der Waals surface area contributed by atoms with Crippen LogP contribution in [-0.2, 0) is 6.42 Å². The molecule has 2 aromatic heterocycles. The summed E-state index contributed by atoms with van der Waals surface area (Å²) >= 11 is 0. The number of H-pyrrole nitrogens is 1. The van der Waals surface area contributed by atoms with E-state index in [4.69, 9.17) is 9.40 Å². The minimum absolute atomic E-state index is 0.193. The molecule has 0 aliphatic carbocycles. The highest BCUT2D eigenvalue weighted by Gasteiger charge is 2.18. The van der Waals surface area contributed by atoms with Crippen molar-refractivity contribution in [3.8, 4) is 34.1 Å². The molecule has 0 aliphatic rings. The maximum Gasteiger partial charge on any atom is 0.200 e. The summed E-state index contributed by atoms with van der Waals surface area (Å²) in [4.78, 5) is 8.05. The first-order chi connectivity index (χ1) is 14.2. The molecule has 2 heterocycles. The van der Waals surface area contributed by atoms with E-state index in [9.17, 15) is 10.2 Å². The molecule has 29 heavy (non-hydrogen) atoms. The van der Waals surface area contributed by atoms with Crippen LogP contribution in [0.2, 0.25) is 0 Å². The lowest BCUT2D eigenvalue weighted by molar-refractivity contribution is 0.474. The van der Waals surface area contributed by atoms with Crippen LogP contribution in [0, 0.1) is 0 Å². The van der Waals surface area contributed by atoms with E-state index in [-0.39, 0.29) is 11.5 Å². The highest BCUT2D eigenvalue weighted by molar-refractivity contribution is 5.83. The highest BCUT2D eigenvalue weighted by atomic mass is 16.4. The van der Waals surface area contributed by atoms with Crippen molar-refractivity contribution >= 4 is 10.9 Å². The molecule has 0 aliphatic heterocycles. The molecular formula is C24H18N2O3. The first-order valence-corrected chi connectivity index (χ1v) is 9.31. The van der Waals surface area contributed by atoms with Gasteiger partial charge in [0.25, 0.3) is 0 Å². The average Bonchev–Trinajstić information content (AvgIpc) is 3.34. The predicted octanol–water partition coefficient (Wildman–Crippen LogP) is 5.49. The van der Waals surface area contributed by atoms with Gasteiger partial charge in [0.15, 0.2) is 11.7 Å². The number of para-hydroxylation sites is 1. The maximum absolute atomic E-state index is 9.62. The number of aromatic hydroxyl groups is 2. The lowest BCUT2D eigenvalue weighted by Crippen LogP contribution is -1.87. The number of aromatic nitrogens is 2. The van der Waals surface area contributed by atoms with Gasteiger partial charge in [0.2, 0.25) is 0 Å². The van der Waals surface area contributed by atoms with Gasteiger partial charge in [-0.1, -0.05) is 18.2 Å². The second kappa shape index (κ2) is 6.87. The molecule has 0 unspecified atom stereocenters. The number of fused-ring (bicyclic) bond motifs is 1. The molecule has 5 rings (SSSR count). The number of rotatable bonds is 4. The van der Waals surface area contributed by atoms with Crippen LogP contribution in [0.25, 0.3) is 33.5 Å². The van der Waals surface area contributed by atoms with Crippen molar-refractivity contribution in [1.82, 2.24) is 9.97 Å². The van der Waals surface area contributed by atoms with Gasteiger partial charge in [-0.05, 0) is 60.2 Å². The third kappa shape index (κ3) is 3.23. The van der Waals surface area contributed by atoms with Crippen molar-refractivity contribution in [1.29, 1.82) is 0 Å². The predicted molar refractivity (Wildman–Crippen MR) is 112 cm³/mol. The second-order valence-corrected chi connectivity index (χ2v) is 6.92. The lowest BCUT2D eigenvalue weighted by atomic mass is 10.1. The van der Waals surface area contributed by atoms with Gasteiger partial charge in [-0.3, -0.25) is 0 Å². The van der Waals surface area contributed by atoms with E-state index in [0.29, 0.717) is 23.8 Å². The average molecular weight is 382 g/mol. The molecule has 0 atom stereocenters. The van der Waals surface area contributed by atoms with Gasteiger partial charge in [-0.2, -0.15) is 0 Å². The number of hydrogen-bond acceptors (Lipinski definition) is 4. The first-order valence-electron chi connectivity index (χ1n) is 9.31. The Hall–Kier alpha value is -3.99. The van der Waals surface area contributed by atoms with Crippen LogP contribution in [0.1, 0.15) is 11.5 Å².